The maximum Gasteiger partial charge on any atom is 0.145 e. The molecule has 2 aromatic rings. The first-order valence-corrected chi connectivity index (χ1v) is 6.15. The van der Waals surface area contributed by atoms with Crippen molar-refractivity contribution in [2.75, 3.05) is 12.8 Å². The van der Waals surface area contributed by atoms with E-state index >= 15 is 0 Å². The number of ether oxygens (including phenoxy) is 1. The molecule has 0 radical (unpaired) electrons. The number of H-pyrrole nitrogens is 1. The van der Waals surface area contributed by atoms with Gasteiger partial charge in [0, 0.05) is 11.6 Å². The summed E-state index contributed by atoms with van der Waals surface area (Å²) >= 11 is 0. The molecule has 0 amide bonds. The molecule has 96 valence electrons. The van der Waals surface area contributed by atoms with Crippen molar-refractivity contribution in [2.45, 2.75) is 26.2 Å². The summed E-state index contributed by atoms with van der Waals surface area (Å²) in [6.45, 7) is 4.37. The number of nitrogen functional groups attached to an aromatic ring is 1. The van der Waals surface area contributed by atoms with Crippen LogP contribution in [0.25, 0.3) is 11.3 Å². The van der Waals surface area contributed by atoms with Crippen molar-refractivity contribution in [2.24, 2.45) is 0 Å². The summed E-state index contributed by atoms with van der Waals surface area (Å²) in [5.41, 5.74) is 8.85. The van der Waals surface area contributed by atoms with Gasteiger partial charge in [0.1, 0.15) is 11.6 Å². The second-order valence-electron chi connectivity index (χ2n) is 4.47. The molecule has 1 heterocycles. The molecule has 1 aromatic heterocycles. The number of nitrogens with one attached hydrogen (secondary N) is 1. The molecule has 0 saturated heterocycles. The molecule has 0 fully saturated rings. The van der Waals surface area contributed by atoms with Crippen molar-refractivity contribution in [3.05, 3.63) is 29.8 Å². The molecule has 0 aliphatic heterocycles. The van der Waals surface area contributed by atoms with Gasteiger partial charge < -0.3 is 10.5 Å². The number of anilines is 1. The van der Waals surface area contributed by atoms with Gasteiger partial charge >= 0.3 is 0 Å². The van der Waals surface area contributed by atoms with Gasteiger partial charge in [0.2, 0.25) is 0 Å². The molecule has 4 heteroatoms. The fourth-order valence-corrected chi connectivity index (χ4v) is 1.99. The van der Waals surface area contributed by atoms with Gasteiger partial charge in [-0.2, -0.15) is 5.10 Å². The zero-order chi connectivity index (χ0) is 13.1. The molecule has 0 aliphatic rings. The van der Waals surface area contributed by atoms with Crippen LogP contribution < -0.4 is 10.5 Å². The van der Waals surface area contributed by atoms with E-state index in [0.29, 0.717) is 11.7 Å². The zero-order valence-corrected chi connectivity index (χ0v) is 11.0. The Labute approximate surface area is 107 Å². The van der Waals surface area contributed by atoms with Crippen LogP contribution in [0, 0.1) is 0 Å². The van der Waals surface area contributed by atoms with E-state index in [4.69, 9.17) is 10.5 Å². The highest BCUT2D eigenvalue weighted by Gasteiger charge is 2.12. The van der Waals surface area contributed by atoms with Gasteiger partial charge in [-0.15, -0.1) is 0 Å². The Hall–Kier alpha value is -1.97. The minimum Gasteiger partial charge on any atom is -0.496 e. The van der Waals surface area contributed by atoms with Crippen LogP contribution >= 0.6 is 0 Å². The second-order valence-corrected chi connectivity index (χ2v) is 4.47. The molecule has 1 aromatic carbocycles. The SMILES string of the molecule is CCC(C)c1cc(-c2cc(N)n[nH]2)ccc1OC. The minimum absolute atomic E-state index is 0.458. The van der Waals surface area contributed by atoms with Crippen LogP contribution in [0.1, 0.15) is 31.7 Å². The van der Waals surface area contributed by atoms with Gasteiger partial charge in [-0.1, -0.05) is 13.8 Å². The van der Waals surface area contributed by atoms with E-state index in [2.05, 4.69) is 30.1 Å². The van der Waals surface area contributed by atoms with Crippen LogP contribution in [-0.2, 0) is 0 Å². The average Bonchev–Trinajstić information content (AvgIpc) is 2.83. The first-order chi connectivity index (χ1) is 8.65. The summed E-state index contributed by atoms with van der Waals surface area (Å²) in [5, 5.41) is 6.88. The maximum atomic E-state index is 5.63. The van der Waals surface area contributed by atoms with E-state index < -0.39 is 0 Å². The lowest BCUT2D eigenvalue weighted by Crippen LogP contribution is -1.97. The van der Waals surface area contributed by atoms with Crippen molar-refractivity contribution in [3.63, 3.8) is 0 Å². The highest BCUT2D eigenvalue weighted by Crippen LogP contribution is 2.32. The van der Waals surface area contributed by atoms with Crippen molar-refractivity contribution < 1.29 is 4.74 Å². The zero-order valence-electron chi connectivity index (χ0n) is 11.0. The van der Waals surface area contributed by atoms with Crippen molar-refractivity contribution in [1.82, 2.24) is 10.2 Å². The number of rotatable bonds is 4. The Balaban J connectivity index is 2.45. The second kappa shape index (κ2) is 5.12. The molecule has 0 aliphatic carbocycles. The number of hydrogen-bond acceptors (Lipinski definition) is 3. The van der Waals surface area contributed by atoms with E-state index in [1.54, 1.807) is 7.11 Å². The highest BCUT2D eigenvalue weighted by molar-refractivity contribution is 5.64. The van der Waals surface area contributed by atoms with E-state index in [-0.39, 0.29) is 0 Å². The molecule has 0 bridgehead atoms. The van der Waals surface area contributed by atoms with Crippen molar-refractivity contribution in [3.8, 4) is 17.0 Å². The number of aromatic amines is 1. The summed E-state index contributed by atoms with van der Waals surface area (Å²) < 4.78 is 5.41. The molecular formula is C14H19N3O. The molecule has 0 saturated carbocycles. The molecule has 4 nitrogen and oxygen atoms in total. The van der Waals surface area contributed by atoms with Gasteiger partial charge in [0.25, 0.3) is 0 Å². The van der Waals surface area contributed by atoms with Gasteiger partial charge in [-0.25, -0.2) is 0 Å². The Bertz CT molecular complexity index is 534. The number of nitrogens with zero attached hydrogens (tertiary/aromatic N) is 1. The summed E-state index contributed by atoms with van der Waals surface area (Å²) in [6, 6.07) is 7.98. The molecule has 2 rings (SSSR count). The van der Waals surface area contributed by atoms with Gasteiger partial charge in [-0.3, -0.25) is 5.10 Å². The molecular weight excluding hydrogens is 226 g/mol. The number of aromatic nitrogens is 2. The quantitative estimate of drug-likeness (QED) is 0.869. The predicted molar refractivity (Wildman–Crippen MR) is 73.7 cm³/mol. The maximum absolute atomic E-state index is 5.63. The lowest BCUT2D eigenvalue weighted by atomic mass is 9.95. The number of nitrogens with two attached hydrogens (primary N) is 1. The van der Waals surface area contributed by atoms with Gasteiger partial charge in [0.15, 0.2) is 0 Å². The van der Waals surface area contributed by atoms with Gasteiger partial charge in [0.05, 0.1) is 12.8 Å². The first-order valence-electron chi connectivity index (χ1n) is 6.15. The van der Waals surface area contributed by atoms with Crippen LogP contribution in [0.3, 0.4) is 0 Å². The van der Waals surface area contributed by atoms with Crippen molar-refractivity contribution in [1.29, 1.82) is 0 Å². The monoisotopic (exact) mass is 245 g/mol. The molecule has 0 spiro atoms. The third kappa shape index (κ3) is 2.32. The van der Waals surface area contributed by atoms with Crippen LogP contribution in [0.2, 0.25) is 0 Å². The Kier molecular flexibility index (Phi) is 3.55. The van der Waals surface area contributed by atoms with E-state index in [0.717, 1.165) is 23.4 Å². The summed E-state index contributed by atoms with van der Waals surface area (Å²) in [6.07, 6.45) is 1.07. The predicted octanol–water partition coefficient (Wildman–Crippen LogP) is 3.18. The average molecular weight is 245 g/mol. The minimum atomic E-state index is 0.458. The Morgan fingerprint density at radius 1 is 1.39 bits per heavy atom. The summed E-state index contributed by atoms with van der Waals surface area (Å²) in [7, 11) is 1.70. The Morgan fingerprint density at radius 3 is 2.72 bits per heavy atom. The van der Waals surface area contributed by atoms with E-state index in [1.807, 2.05) is 18.2 Å². The topological polar surface area (TPSA) is 63.9 Å². The molecule has 3 N–H and O–H groups in total. The van der Waals surface area contributed by atoms with Crippen LogP contribution in [0.4, 0.5) is 5.82 Å². The smallest absolute Gasteiger partial charge is 0.145 e. The molecule has 1 unspecified atom stereocenters. The van der Waals surface area contributed by atoms with Crippen LogP contribution in [0.15, 0.2) is 24.3 Å². The van der Waals surface area contributed by atoms with Gasteiger partial charge in [-0.05, 0) is 36.1 Å². The third-order valence-electron chi connectivity index (χ3n) is 3.28. The van der Waals surface area contributed by atoms with Crippen molar-refractivity contribution >= 4 is 5.82 Å². The molecule has 1 atom stereocenters. The Morgan fingerprint density at radius 2 is 2.17 bits per heavy atom. The number of hydrogen-bond donors (Lipinski definition) is 2. The fraction of sp³-hybridized carbons (Fsp3) is 0.357. The molecule has 18 heavy (non-hydrogen) atoms. The highest BCUT2D eigenvalue weighted by atomic mass is 16.5. The third-order valence-corrected chi connectivity index (χ3v) is 3.28. The lowest BCUT2D eigenvalue weighted by molar-refractivity contribution is 0.406. The van der Waals surface area contributed by atoms with Crippen LogP contribution in [-0.4, -0.2) is 17.3 Å². The summed E-state index contributed by atoms with van der Waals surface area (Å²) in [4.78, 5) is 0. The van der Waals surface area contributed by atoms with E-state index in [9.17, 15) is 0 Å². The van der Waals surface area contributed by atoms with Crippen LogP contribution in [0.5, 0.6) is 5.75 Å². The normalized spacial score (nSPS) is 12.4. The fourth-order valence-electron chi connectivity index (χ4n) is 1.99. The van der Waals surface area contributed by atoms with E-state index in [1.165, 1.54) is 5.56 Å². The number of benzene rings is 1. The largest absolute Gasteiger partial charge is 0.496 e. The summed E-state index contributed by atoms with van der Waals surface area (Å²) in [5.74, 6) is 1.90. The number of methoxy groups -OCH3 is 1. The standard InChI is InChI=1S/C14H19N3O/c1-4-9(2)11-7-10(5-6-13(11)18-3)12-8-14(15)17-16-12/h5-9H,4H2,1-3H3,(H3,15,16,17). The lowest BCUT2D eigenvalue weighted by Gasteiger charge is -2.15. The first kappa shape index (κ1) is 12.5.